The number of carbonyl (C=O) groups excluding carboxylic acids is 1. The highest BCUT2D eigenvalue weighted by Gasteiger charge is 2.22. The lowest BCUT2D eigenvalue weighted by atomic mass is 9.91. The smallest absolute Gasteiger partial charge is 0.238 e. The molecule has 1 aliphatic rings. The van der Waals surface area contributed by atoms with Gasteiger partial charge in [0.2, 0.25) is 5.91 Å². The Morgan fingerprint density at radius 3 is 3.14 bits per heavy atom. The van der Waals surface area contributed by atoms with Gasteiger partial charge in [-0.3, -0.25) is 9.69 Å². The number of anilines is 1. The summed E-state index contributed by atoms with van der Waals surface area (Å²) >= 11 is 3.25. The van der Waals surface area contributed by atoms with E-state index < -0.39 is 0 Å². The molecule has 2 aromatic rings. The van der Waals surface area contributed by atoms with Gasteiger partial charge in [-0.15, -0.1) is 23.1 Å². The van der Waals surface area contributed by atoms with Crippen LogP contribution in [0.15, 0.2) is 35.8 Å². The van der Waals surface area contributed by atoms with Crippen molar-refractivity contribution in [3.05, 3.63) is 47.0 Å². The van der Waals surface area contributed by atoms with Crippen molar-refractivity contribution in [3.63, 3.8) is 0 Å². The molecule has 3 rings (SSSR count). The van der Waals surface area contributed by atoms with Crippen molar-refractivity contribution in [1.82, 2.24) is 4.98 Å². The first-order chi connectivity index (χ1) is 10.3. The molecule has 1 aliphatic carbocycles. The molecule has 0 N–H and O–H groups in total. The molecular weight excluding hydrogens is 300 g/mol. The maximum Gasteiger partial charge on any atom is 0.238 e. The summed E-state index contributed by atoms with van der Waals surface area (Å²) in [6, 6.07) is 8.63. The molecule has 1 aromatic carbocycles. The van der Waals surface area contributed by atoms with E-state index in [0.29, 0.717) is 11.0 Å². The zero-order valence-electron chi connectivity index (χ0n) is 12.0. The quantitative estimate of drug-likeness (QED) is 0.857. The second kappa shape index (κ2) is 6.62. The number of benzene rings is 1. The Kier molecular flexibility index (Phi) is 4.60. The number of nitrogens with zero attached hydrogens (tertiary/aromatic N) is 2. The second-order valence-corrected chi connectivity index (χ2v) is 7.22. The lowest BCUT2D eigenvalue weighted by Crippen LogP contribution is -2.28. The summed E-state index contributed by atoms with van der Waals surface area (Å²) in [4.78, 5) is 18.1. The van der Waals surface area contributed by atoms with Gasteiger partial charge in [0.1, 0.15) is 0 Å². The summed E-state index contributed by atoms with van der Waals surface area (Å²) < 4.78 is 0. The first-order valence-electron chi connectivity index (χ1n) is 7.11. The lowest BCUT2D eigenvalue weighted by molar-refractivity contribution is -0.115. The van der Waals surface area contributed by atoms with Crippen LogP contribution in [0, 0.1) is 0 Å². The van der Waals surface area contributed by atoms with Crippen LogP contribution in [-0.2, 0) is 11.2 Å². The van der Waals surface area contributed by atoms with Crippen LogP contribution in [0.2, 0.25) is 0 Å². The molecule has 0 saturated carbocycles. The first-order valence-corrected chi connectivity index (χ1v) is 9.04. The van der Waals surface area contributed by atoms with Crippen molar-refractivity contribution < 1.29 is 4.79 Å². The van der Waals surface area contributed by atoms with Crippen molar-refractivity contribution in [2.24, 2.45) is 0 Å². The Morgan fingerprint density at radius 2 is 2.33 bits per heavy atom. The van der Waals surface area contributed by atoms with Gasteiger partial charge in [-0.25, -0.2) is 4.98 Å². The fourth-order valence-corrected chi connectivity index (χ4v) is 4.54. The van der Waals surface area contributed by atoms with Gasteiger partial charge in [-0.1, -0.05) is 24.3 Å². The molecule has 3 nitrogen and oxygen atoms in total. The minimum Gasteiger partial charge on any atom is -0.291 e. The normalized spacial score (nSPS) is 17.3. The summed E-state index contributed by atoms with van der Waals surface area (Å²) in [5.74, 6) is 0.632. The minimum atomic E-state index is 0.123. The van der Waals surface area contributed by atoms with Crippen LogP contribution < -0.4 is 4.90 Å². The standard InChI is InChI=1S/C16H18N2OS2/c1-18(16-17-9-10-20-16)15(19)11-21-14-8-4-6-12-5-2-3-7-13(12)14/h2-3,5,7,9-10,14H,4,6,8,11H2,1H3/t14-/m1/s1. The summed E-state index contributed by atoms with van der Waals surface area (Å²) in [5, 5.41) is 3.11. The van der Waals surface area contributed by atoms with Crippen molar-refractivity contribution in [2.45, 2.75) is 24.5 Å². The molecule has 0 radical (unpaired) electrons. The van der Waals surface area contributed by atoms with Gasteiger partial charge in [0.15, 0.2) is 5.13 Å². The number of carbonyl (C=O) groups is 1. The Hall–Kier alpha value is -1.33. The zero-order chi connectivity index (χ0) is 14.7. The van der Waals surface area contributed by atoms with Gasteiger partial charge < -0.3 is 0 Å². The summed E-state index contributed by atoms with van der Waals surface area (Å²) in [7, 11) is 1.80. The fourth-order valence-electron chi connectivity index (χ4n) is 2.64. The largest absolute Gasteiger partial charge is 0.291 e. The molecule has 0 saturated heterocycles. The van der Waals surface area contributed by atoms with Gasteiger partial charge >= 0.3 is 0 Å². The number of hydrogen-bond acceptors (Lipinski definition) is 4. The Morgan fingerprint density at radius 1 is 1.48 bits per heavy atom. The molecule has 110 valence electrons. The van der Waals surface area contributed by atoms with E-state index in [1.54, 1.807) is 29.9 Å². The molecule has 1 aromatic heterocycles. The number of aromatic nitrogens is 1. The third-order valence-corrected chi connectivity index (χ3v) is 5.96. The molecule has 0 fully saturated rings. The zero-order valence-corrected chi connectivity index (χ0v) is 13.6. The van der Waals surface area contributed by atoms with E-state index in [1.165, 1.54) is 35.3 Å². The second-order valence-electron chi connectivity index (χ2n) is 5.16. The molecule has 0 spiro atoms. The molecule has 0 unspecified atom stereocenters. The number of amides is 1. The van der Waals surface area contributed by atoms with E-state index >= 15 is 0 Å². The molecule has 0 bridgehead atoms. The Bertz CT molecular complexity index is 612. The average molecular weight is 318 g/mol. The number of fused-ring (bicyclic) bond motifs is 1. The van der Waals surface area contributed by atoms with E-state index in [1.807, 2.05) is 5.38 Å². The van der Waals surface area contributed by atoms with Gasteiger partial charge in [-0.2, -0.15) is 0 Å². The fraction of sp³-hybridized carbons (Fsp3) is 0.375. The highest BCUT2D eigenvalue weighted by molar-refractivity contribution is 8.00. The van der Waals surface area contributed by atoms with E-state index in [2.05, 4.69) is 29.2 Å². The van der Waals surface area contributed by atoms with Crippen LogP contribution in [0.1, 0.15) is 29.2 Å². The molecular formula is C16H18N2OS2. The monoisotopic (exact) mass is 318 g/mol. The third-order valence-electron chi connectivity index (χ3n) is 3.80. The van der Waals surface area contributed by atoms with E-state index in [4.69, 9.17) is 0 Å². The van der Waals surface area contributed by atoms with Gasteiger partial charge in [0.25, 0.3) is 0 Å². The molecule has 1 amide bonds. The maximum absolute atomic E-state index is 12.3. The highest BCUT2D eigenvalue weighted by atomic mass is 32.2. The van der Waals surface area contributed by atoms with Crippen LogP contribution in [0.5, 0.6) is 0 Å². The van der Waals surface area contributed by atoms with Crippen LogP contribution in [0.4, 0.5) is 5.13 Å². The predicted molar refractivity (Wildman–Crippen MR) is 90.1 cm³/mol. The van der Waals surface area contributed by atoms with Crippen molar-refractivity contribution in [3.8, 4) is 0 Å². The summed E-state index contributed by atoms with van der Waals surface area (Å²) in [6.07, 6.45) is 5.27. The first kappa shape index (κ1) is 14.6. The van der Waals surface area contributed by atoms with Crippen LogP contribution in [0.25, 0.3) is 0 Å². The maximum atomic E-state index is 12.3. The lowest BCUT2D eigenvalue weighted by Gasteiger charge is -2.25. The van der Waals surface area contributed by atoms with E-state index in [0.717, 1.165) is 11.6 Å². The number of rotatable bonds is 4. The van der Waals surface area contributed by atoms with Crippen LogP contribution in [0.3, 0.4) is 0 Å². The van der Waals surface area contributed by atoms with Crippen molar-refractivity contribution in [1.29, 1.82) is 0 Å². The Balaban J connectivity index is 1.62. The minimum absolute atomic E-state index is 0.123. The number of aryl methyl sites for hydroxylation is 1. The molecule has 21 heavy (non-hydrogen) atoms. The summed E-state index contributed by atoms with van der Waals surface area (Å²) in [6.45, 7) is 0. The molecule has 1 heterocycles. The van der Waals surface area contributed by atoms with Gasteiger partial charge in [0, 0.05) is 23.9 Å². The van der Waals surface area contributed by atoms with E-state index in [-0.39, 0.29) is 5.91 Å². The topological polar surface area (TPSA) is 33.2 Å². The van der Waals surface area contributed by atoms with E-state index in [9.17, 15) is 4.79 Å². The Labute approximate surface area is 133 Å². The average Bonchev–Trinajstić information content (AvgIpc) is 3.06. The van der Waals surface area contributed by atoms with Crippen molar-refractivity contribution >= 4 is 34.1 Å². The highest BCUT2D eigenvalue weighted by Crippen LogP contribution is 2.39. The molecule has 5 heteroatoms. The van der Waals surface area contributed by atoms with Gasteiger partial charge in [0.05, 0.1) is 5.75 Å². The van der Waals surface area contributed by atoms with Crippen LogP contribution in [-0.4, -0.2) is 23.7 Å². The van der Waals surface area contributed by atoms with Gasteiger partial charge in [-0.05, 0) is 30.4 Å². The van der Waals surface area contributed by atoms with Crippen LogP contribution >= 0.6 is 23.1 Å². The SMILES string of the molecule is CN(C(=O)CS[C@@H]1CCCc2ccccc21)c1nccs1. The molecule has 1 atom stereocenters. The van der Waals surface area contributed by atoms with Crippen molar-refractivity contribution in [2.75, 3.05) is 17.7 Å². The number of hydrogen-bond donors (Lipinski definition) is 0. The third kappa shape index (κ3) is 3.30. The number of thiazole rings is 1. The predicted octanol–water partition coefficient (Wildman–Crippen LogP) is 3.92. The number of thioether (sulfide) groups is 1. The molecule has 0 aliphatic heterocycles. The summed E-state index contributed by atoms with van der Waals surface area (Å²) in [5.41, 5.74) is 2.86.